The van der Waals surface area contributed by atoms with E-state index in [0.29, 0.717) is 12.8 Å². The standard InChI is InChI=1S/C8H16O2/c1-7(9)5-3-4-6-8(2)10/h3-4,7-10H,5-6H2,1-2H3/b4-3-/t7-,8+. The molecule has 0 saturated heterocycles. The van der Waals surface area contributed by atoms with Gasteiger partial charge >= 0.3 is 0 Å². The maximum Gasteiger partial charge on any atom is 0.0546 e. The molecule has 2 nitrogen and oxygen atoms in total. The fourth-order valence-electron chi connectivity index (χ4n) is 0.586. The average Bonchev–Trinajstić information content (AvgIpc) is 1.79. The van der Waals surface area contributed by atoms with Crippen LogP contribution in [0.1, 0.15) is 26.7 Å². The van der Waals surface area contributed by atoms with Crippen LogP contribution in [0.5, 0.6) is 0 Å². The quantitative estimate of drug-likeness (QED) is 0.580. The normalized spacial score (nSPS) is 17.6. The second kappa shape index (κ2) is 5.45. The van der Waals surface area contributed by atoms with Gasteiger partial charge in [-0.3, -0.25) is 0 Å². The Morgan fingerprint density at radius 1 is 1.00 bits per heavy atom. The van der Waals surface area contributed by atoms with Gasteiger partial charge in [0.25, 0.3) is 0 Å². The van der Waals surface area contributed by atoms with Crippen molar-refractivity contribution in [3.05, 3.63) is 12.2 Å². The highest BCUT2D eigenvalue weighted by atomic mass is 16.3. The van der Waals surface area contributed by atoms with Crippen LogP contribution in [0.3, 0.4) is 0 Å². The molecule has 0 fully saturated rings. The molecule has 2 heteroatoms. The Morgan fingerprint density at radius 2 is 1.30 bits per heavy atom. The second-order valence-corrected chi connectivity index (χ2v) is 2.64. The summed E-state index contributed by atoms with van der Waals surface area (Å²) in [6.45, 7) is 3.49. The molecule has 0 aliphatic rings. The largest absolute Gasteiger partial charge is 0.393 e. The summed E-state index contributed by atoms with van der Waals surface area (Å²) in [5, 5.41) is 17.6. The molecule has 0 radical (unpaired) electrons. The van der Waals surface area contributed by atoms with E-state index >= 15 is 0 Å². The Hall–Kier alpha value is -0.340. The number of aliphatic hydroxyl groups is 2. The third-order valence-electron chi connectivity index (χ3n) is 1.12. The van der Waals surface area contributed by atoms with Crippen molar-refractivity contribution in [1.82, 2.24) is 0 Å². The minimum atomic E-state index is -0.273. The molecule has 0 unspecified atom stereocenters. The van der Waals surface area contributed by atoms with Gasteiger partial charge in [-0.25, -0.2) is 0 Å². The molecule has 0 aromatic heterocycles. The number of aliphatic hydroxyl groups excluding tert-OH is 2. The molecule has 10 heavy (non-hydrogen) atoms. The maximum absolute atomic E-state index is 8.80. The van der Waals surface area contributed by atoms with Crippen molar-refractivity contribution in [2.45, 2.75) is 38.9 Å². The first-order chi connectivity index (χ1) is 4.63. The minimum absolute atomic E-state index is 0.273. The van der Waals surface area contributed by atoms with Gasteiger partial charge in [-0.2, -0.15) is 0 Å². The van der Waals surface area contributed by atoms with Gasteiger partial charge in [0.1, 0.15) is 0 Å². The summed E-state index contributed by atoms with van der Waals surface area (Å²) >= 11 is 0. The highest BCUT2D eigenvalue weighted by molar-refractivity contribution is 4.84. The van der Waals surface area contributed by atoms with E-state index in [4.69, 9.17) is 10.2 Å². The molecule has 2 N–H and O–H groups in total. The molecule has 60 valence electrons. The van der Waals surface area contributed by atoms with Crippen molar-refractivity contribution in [2.24, 2.45) is 0 Å². The van der Waals surface area contributed by atoms with Gasteiger partial charge in [0.05, 0.1) is 12.2 Å². The third kappa shape index (κ3) is 7.66. The first-order valence-electron chi connectivity index (χ1n) is 3.64. The van der Waals surface area contributed by atoms with Gasteiger partial charge in [-0.05, 0) is 26.7 Å². The lowest BCUT2D eigenvalue weighted by Crippen LogP contribution is -1.97. The number of hydrogen-bond acceptors (Lipinski definition) is 2. The molecular weight excluding hydrogens is 128 g/mol. The van der Waals surface area contributed by atoms with Crippen LogP contribution in [0.25, 0.3) is 0 Å². The fraction of sp³-hybridized carbons (Fsp3) is 0.750. The molecular formula is C8H16O2. The van der Waals surface area contributed by atoms with E-state index in [1.165, 1.54) is 0 Å². The Kier molecular flexibility index (Phi) is 5.26. The zero-order valence-corrected chi connectivity index (χ0v) is 6.62. The van der Waals surface area contributed by atoms with Crippen molar-refractivity contribution in [2.75, 3.05) is 0 Å². The minimum Gasteiger partial charge on any atom is -0.393 e. The van der Waals surface area contributed by atoms with E-state index in [1.807, 2.05) is 12.2 Å². The highest BCUT2D eigenvalue weighted by Gasteiger charge is 1.90. The van der Waals surface area contributed by atoms with E-state index < -0.39 is 0 Å². The lowest BCUT2D eigenvalue weighted by molar-refractivity contribution is 0.194. The smallest absolute Gasteiger partial charge is 0.0546 e. The molecule has 0 bridgehead atoms. The van der Waals surface area contributed by atoms with Crippen LogP contribution < -0.4 is 0 Å². The van der Waals surface area contributed by atoms with Crippen molar-refractivity contribution in [1.29, 1.82) is 0 Å². The summed E-state index contributed by atoms with van der Waals surface area (Å²) in [7, 11) is 0. The molecule has 0 heterocycles. The number of rotatable bonds is 4. The Morgan fingerprint density at radius 3 is 1.50 bits per heavy atom. The second-order valence-electron chi connectivity index (χ2n) is 2.64. The predicted molar refractivity (Wildman–Crippen MR) is 41.7 cm³/mol. The van der Waals surface area contributed by atoms with Gasteiger partial charge in [-0.15, -0.1) is 0 Å². The summed E-state index contributed by atoms with van der Waals surface area (Å²) < 4.78 is 0. The van der Waals surface area contributed by atoms with E-state index in [0.717, 1.165) is 0 Å². The molecule has 0 aromatic rings. The van der Waals surface area contributed by atoms with Crippen molar-refractivity contribution in [3.63, 3.8) is 0 Å². The van der Waals surface area contributed by atoms with E-state index in [2.05, 4.69) is 0 Å². The SMILES string of the molecule is C[C@H](O)C/C=C\C[C@@H](C)O. The molecule has 0 spiro atoms. The monoisotopic (exact) mass is 144 g/mol. The summed E-state index contributed by atoms with van der Waals surface area (Å²) in [5.41, 5.74) is 0. The van der Waals surface area contributed by atoms with Crippen LogP contribution in [0, 0.1) is 0 Å². The summed E-state index contributed by atoms with van der Waals surface area (Å²) in [4.78, 5) is 0. The zero-order valence-electron chi connectivity index (χ0n) is 6.62. The van der Waals surface area contributed by atoms with Gasteiger partial charge in [0.15, 0.2) is 0 Å². The van der Waals surface area contributed by atoms with Gasteiger partial charge in [-0.1, -0.05) is 12.2 Å². The van der Waals surface area contributed by atoms with E-state index in [-0.39, 0.29) is 12.2 Å². The highest BCUT2D eigenvalue weighted by Crippen LogP contribution is 1.95. The first kappa shape index (κ1) is 9.66. The first-order valence-corrected chi connectivity index (χ1v) is 3.64. The number of hydrogen-bond donors (Lipinski definition) is 2. The Balaban J connectivity index is 3.20. The Labute approximate surface area is 62.2 Å². The molecule has 0 aliphatic heterocycles. The molecule has 0 rings (SSSR count). The van der Waals surface area contributed by atoms with Crippen LogP contribution in [0.15, 0.2) is 12.2 Å². The van der Waals surface area contributed by atoms with Crippen LogP contribution >= 0.6 is 0 Å². The fourth-order valence-corrected chi connectivity index (χ4v) is 0.586. The summed E-state index contributed by atoms with van der Waals surface area (Å²) in [6.07, 6.45) is 4.57. The van der Waals surface area contributed by atoms with Gasteiger partial charge in [0, 0.05) is 0 Å². The van der Waals surface area contributed by atoms with Crippen LogP contribution in [0.4, 0.5) is 0 Å². The van der Waals surface area contributed by atoms with Gasteiger partial charge < -0.3 is 10.2 Å². The zero-order chi connectivity index (χ0) is 7.98. The predicted octanol–water partition coefficient (Wildman–Crippen LogP) is 1.08. The third-order valence-corrected chi connectivity index (χ3v) is 1.12. The van der Waals surface area contributed by atoms with Crippen LogP contribution in [-0.4, -0.2) is 22.4 Å². The van der Waals surface area contributed by atoms with Crippen molar-refractivity contribution >= 4 is 0 Å². The Bertz CT molecular complexity index is 83.4. The maximum atomic E-state index is 8.80. The molecule has 0 aromatic carbocycles. The summed E-state index contributed by atoms with van der Waals surface area (Å²) in [6, 6.07) is 0. The van der Waals surface area contributed by atoms with Crippen LogP contribution in [0.2, 0.25) is 0 Å². The van der Waals surface area contributed by atoms with E-state index in [1.54, 1.807) is 13.8 Å². The van der Waals surface area contributed by atoms with Gasteiger partial charge in [0.2, 0.25) is 0 Å². The molecule has 2 atom stereocenters. The van der Waals surface area contributed by atoms with Crippen LogP contribution in [-0.2, 0) is 0 Å². The summed E-state index contributed by atoms with van der Waals surface area (Å²) in [5.74, 6) is 0. The lowest BCUT2D eigenvalue weighted by atomic mass is 10.2. The van der Waals surface area contributed by atoms with Crippen molar-refractivity contribution in [3.8, 4) is 0 Å². The van der Waals surface area contributed by atoms with E-state index in [9.17, 15) is 0 Å². The molecule has 0 amide bonds. The lowest BCUT2D eigenvalue weighted by Gasteiger charge is -1.98. The average molecular weight is 144 g/mol. The molecule has 0 aliphatic carbocycles. The van der Waals surface area contributed by atoms with Crippen molar-refractivity contribution < 1.29 is 10.2 Å². The molecule has 0 saturated carbocycles. The topological polar surface area (TPSA) is 40.5 Å².